The van der Waals surface area contributed by atoms with Crippen molar-refractivity contribution in [3.63, 3.8) is 0 Å². The number of amides is 2. The first kappa shape index (κ1) is 19.7. The van der Waals surface area contributed by atoms with Gasteiger partial charge >= 0.3 is 6.03 Å². The maximum absolute atomic E-state index is 12.5. The maximum Gasteiger partial charge on any atom is 0.323 e. The number of rotatable bonds is 5. The standard InChI is InChI=1S/C20H18ClN3O3S/c1-14-6-8-15(9-7-14)22-20(25)23-16-10-12-17(13-11-16)28(26,27)24-19-5-3-2-4-18(19)21/h2-13,24H,1H3,(H2,22,23,25). The average molecular weight is 416 g/mol. The fourth-order valence-electron chi connectivity index (χ4n) is 2.40. The second kappa shape index (κ2) is 8.33. The molecule has 0 aliphatic carbocycles. The summed E-state index contributed by atoms with van der Waals surface area (Å²) in [5, 5.41) is 5.67. The molecule has 0 saturated heterocycles. The van der Waals surface area contributed by atoms with E-state index < -0.39 is 16.1 Å². The second-order valence-corrected chi connectivity index (χ2v) is 8.14. The molecule has 0 heterocycles. The van der Waals surface area contributed by atoms with Crippen molar-refractivity contribution in [1.82, 2.24) is 0 Å². The number of hydrogen-bond acceptors (Lipinski definition) is 3. The number of carbonyl (C=O) groups excluding carboxylic acids is 1. The minimum Gasteiger partial charge on any atom is -0.308 e. The highest BCUT2D eigenvalue weighted by atomic mass is 35.5. The normalized spacial score (nSPS) is 10.9. The molecule has 0 spiro atoms. The Kier molecular flexibility index (Phi) is 5.87. The van der Waals surface area contributed by atoms with Crippen LogP contribution < -0.4 is 15.4 Å². The fourth-order valence-corrected chi connectivity index (χ4v) is 3.71. The molecule has 8 heteroatoms. The topological polar surface area (TPSA) is 87.3 Å². The Balaban J connectivity index is 1.66. The van der Waals surface area contributed by atoms with Gasteiger partial charge in [-0.15, -0.1) is 0 Å². The molecule has 6 nitrogen and oxygen atoms in total. The van der Waals surface area contributed by atoms with Gasteiger partial charge in [0, 0.05) is 11.4 Å². The molecule has 0 radical (unpaired) electrons. The number of nitrogens with one attached hydrogen (secondary N) is 3. The summed E-state index contributed by atoms with van der Waals surface area (Å²) in [6, 6.07) is 19.3. The molecule has 3 aromatic rings. The van der Waals surface area contributed by atoms with E-state index in [1.54, 1.807) is 36.4 Å². The predicted octanol–water partition coefficient (Wildman–Crippen LogP) is 5.09. The molecule has 0 aliphatic heterocycles. The van der Waals surface area contributed by atoms with E-state index in [-0.39, 0.29) is 4.90 Å². The Bertz CT molecular complexity index is 1080. The average Bonchev–Trinajstić information content (AvgIpc) is 2.66. The van der Waals surface area contributed by atoms with Gasteiger partial charge in [0.1, 0.15) is 0 Å². The highest BCUT2D eigenvalue weighted by molar-refractivity contribution is 7.92. The van der Waals surface area contributed by atoms with Crippen molar-refractivity contribution in [2.75, 3.05) is 15.4 Å². The van der Waals surface area contributed by atoms with E-state index >= 15 is 0 Å². The minimum absolute atomic E-state index is 0.0527. The van der Waals surface area contributed by atoms with Crippen LogP contribution in [0.5, 0.6) is 0 Å². The van der Waals surface area contributed by atoms with Crippen LogP contribution in [-0.4, -0.2) is 14.4 Å². The van der Waals surface area contributed by atoms with Gasteiger partial charge in [-0.3, -0.25) is 4.72 Å². The van der Waals surface area contributed by atoms with Crippen LogP contribution in [0.25, 0.3) is 0 Å². The summed E-state index contributed by atoms with van der Waals surface area (Å²) >= 11 is 5.99. The minimum atomic E-state index is -3.80. The van der Waals surface area contributed by atoms with Gasteiger partial charge in [0.25, 0.3) is 10.0 Å². The van der Waals surface area contributed by atoms with E-state index in [1.807, 2.05) is 19.1 Å². The molecule has 28 heavy (non-hydrogen) atoms. The van der Waals surface area contributed by atoms with Gasteiger partial charge in [-0.25, -0.2) is 13.2 Å². The van der Waals surface area contributed by atoms with E-state index in [2.05, 4.69) is 15.4 Å². The van der Waals surface area contributed by atoms with Crippen LogP contribution in [0, 0.1) is 6.92 Å². The number of aryl methyl sites for hydroxylation is 1. The smallest absolute Gasteiger partial charge is 0.308 e. The van der Waals surface area contributed by atoms with Crippen LogP contribution in [0.15, 0.2) is 77.7 Å². The summed E-state index contributed by atoms with van der Waals surface area (Å²) < 4.78 is 27.4. The summed E-state index contributed by atoms with van der Waals surface area (Å²) in [7, 11) is -3.80. The van der Waals surface area contributed by atoms with Crippen molar-refractivity contribution in [3.05, 3.63) is 83.4 Å². The lowest BCUT2D eigenvalue weighted by Crippen LogP contribution is -2.19. The lowest BCUT2D eigenvalue weighted by molar-refractivity contribution is 0.262. The third kappa shape index (κ3) is 5.03. The quantitative estimate of drug-likeness (QED) is 0.542. The number of hydrogen-bond donors (Lipinski definition) is 3. The zero-order valence-electron chi connectivity index (χ0n) is 14.9. The van der Waals surface area contributed by atoms with Gasteiger partial charge in [-0.1, -0.05) is 41.4 Å². The van der Waals surface area contributed by atoms with Crippen molar-refractivity contribution in [1.29, 1.82) is 0 Å². The van der Waals surface area contributed by atoms with E-state index in [0.717, 1.165) is 5.56 Å². The zero-order valence-corrected chi connectivity index (χ0v) is 16.5. The highest BCUT2D eigenvalue weighted by Crippen LogP contribution is 2.24. The molecular weight excluding hydrogens is 398 g/mol. The first-order valence-corrected chi connectivity index (χ1v) is 10.2. The fraction of sp³-hybridized carbons (Fsp3) is 0.0500. The van der Waals surface area contributed by atoms with Gasteiger partial charge in [0.15, 0.2) is 0 Å². The molecule has 0 aliphatic rings. The van der Waals surface area contributed by atoms with Crippen LogP contribution in [0.3, 0.4) is 0 Å². The molecule has 144 valence electrons. The van der Waals surface area contributed by atoms with E-state index in [0.29, 0.717) is 22.1 Å². The summed E-state index contributed by atoms with van der Waals surface area (Å²) in [6.45, 7) is 1.96. The van der Waals surface area contributed by atoms with Crippen molar-refractivity contribution >= 4 is 44.7 Å². The van der Waals surface area contributed by atoms with E-state index in [1.165, 1.54) is 24.3 Å². The third-order valence-electron chi connectivity index (χ3n) is 3.85. The molecule has 2 amide bonds. The van der Waals surface area contributed by atoms with Crippen LogP contribution in [0.2, 0.25) is 5.02 Å². The van der Waals surface area contributed by atoms with Gasteiger partial charge in [0.2, 0.25) is 0 Å². The number of urea groups is 1. The monoisotopic (exact) mass is 415 g/mol. The molecule has 3 rings (SSSR count). The molecule has 0 fully saturated rings. The Morgan fingerprint density at radius 3 is 1.93 bits per heavy atom. The zero-order chi connectivity index (χ0) is 20.1. The summed E-state index contributed by atoms with van der Waals surface area (Å²) in [5.74, 6) is 0. The molecule has 0 unspecified atom stereocenters. The Morgan fingerprint density at radius 2 is 1.36 bits per heavy atom. The van der Waals surface area contributed by atoms with E-state index in [9.17, 15) is 13.2 Å². The SMILES string of the molecule is Cc1ccc(NC(=O)Nc2ccc(S(=O)(=O)Nc3ccccc3Cl)cc2)cc1. The van der Waals surface area contributed by atoms with Gasteiger partial charge in [-0.2, -0.15) is 0 Å². The van der Waals surface area contributed by atoms with Gasteiger partial charge in [-0.05, 0) is 55.5 Å². The number of benzene rings is 3. The molecule has 0 atom stereocenters. The maximum atomic E-state index is 12.5. The lowest BCUT2D eigenvalue weighted by atomic mass is 10.2. The number of para-hydroxylation sites is 1. The summed E-state index contributed by atoms with van der Waals surface area (Å²) in [4.78, 5) is 12.1. The molecular formula is C20H18ClN3O3S. The summed E-state index contributed by atoms with van der Waals surface area (Å²) in [6.07, 6.45) is 0. The molecule has 3 N–H and O–H groups in total. The van der Waals surface area contributed by atoms with Gasteiger partial charge < -0.3 is 10.6 Å². The Hall–Kier alpha value is -3.03. The number of halogens is 1. The van der Waals surface area contributed by atoms with Crippen LogP contribution in [-0.2, 0) is 10.0 Å². The Morgan fingerprint density at radius 1 is 0.821 bits per heavy atom. The number of carbonyl (C=O) groups is 1. The van der Waals surface area contributed by atoms with Crippen LogP contribution >= 0.6 is 11.6 Å². The van der Waals surface area contributed by atoms with Crippen molar-refractivity contribution in [3.8, 4) is 0 Å². The first-order valence-electron chi connectivity index (χ1n) is 8.35. The van der Waals surface area contributed by atoms with Crippen molar-refractivity contribution in [2.24, 2.45) is 0 Å². The van der Waals surface area contributed by atoms with Crippen molar-refractivity contribution < 1.29 is 13.2 Å². The molecule has 3 aromatic carbocycles. The predicted molar refractivity (Wildman–Crippen MR) is 113 cm³/mol. The van der Waals surface area contributed by atoms with Gasteiger partial charge in [0.05, 0.1) is 15.6 Å². The highest BCUT2D eigenvalue weighted by Gasteiger charge is 2.15. The number of anilines is 3. The number of sulfonamides is 1. The van der Waals surface area contributed by atoms with Crippen LogP contribution in [0.4, 0.5) is 21.9 Å². The lowest BCUT2D eigenvalue weighted by Gasteiger charge is -2.11. The molecule has 0 bridgehead atoms. The van der Waals surface area contributed by atoms with E-state index in [4.69, 9.17) is 11.6 Å². The molecule has 0 saturated carbocycles. The first-order chi connectivity index (χ1) is 13.3. The molecule has 0 aromatic heterocycles. The van der Waals surface area contributed by atoms with Crippen molar-refractivity contribution in [2.45, 2.75) is 11.8 Å². The largest absolute Gasteiger partial charge is 0.323 e. The third-order valence-corrected chi connectivity index (χ3v) is 5.56. The van der Waals surface area contributed by atoms with Crippen LogP contribution in [0.1, 0.15) is 5.56 Å². The summed E-state index contributed by atoms with van der Waals surface area (Å²) in [5.41, 5.74) is 2.50. The second-order valence-electron chi connectivity index (χ2n) is 6.05. The Labute approximate surface area is 168 Å².